The smallest absolute Gasteiger partial charge is 0.226 e. The molecule has 1 saturated heterocycles. The van der Waals surface area contributed by atoms with Crippen LogP contribution in [0.2, 0.25) is 0 Å². The van der Waals surface area contributed by atoms with Gasteiger partial charge in [-0.25, -0.2) is 0 Å². The van der Waals surface area contributed by atoms with E-state index in [2.05, 4.69) is 4.90 Å². The highest BCUT2D eigenvalue weighted by Gasteiger charge is 2.57. The van der Waals surface area contributed by atoms with Crippen molar-refractivity contribution in [2.45, 2.75) is 32.6 Å². The number of amides is 1. The van der Waals surface area contributed by atoms with Gasteiger partial charge in [-0.15, -0.1) is 0 Å². The van der Waals surface area contributed by atoms with Crippen LogP contribution < -0.4 is 0 Å². The van der Waals surface area contributed by atoms with Crippen molar-refractivity contribution >= 4 is 5.91 Å². The molecule has 3 heteroatoms. The highest BCUT2D eigenvalue weighted by atomic mass is 16.5. The first-order valence-electron chi connectivity index (χ1n) is 7.17. The summed E-state index contributed by atoms with van der Waals surface area (Å²) in [5.74, 6) is 2.97. The Balaban J connectivity index is 1.48. The zero-order valence-corrected chi connectivity index (χ0v) is 10.7. The first-order valence-corrected chi connectivity index (χ1v) is 7.17. The maximum absolute atomic E-state index is 12.3. The molecule has 3 aliphatic rings. The van der Waals surface area contributed by atoms with Crippen molar-refractivity contribution in [2.24, 2.45) is 23.7 Å². The summed E-state index contributed by atoms with van der Waals surface area (Å²) in [6.07, 6.45) is 5.09. The molecule has 0 aromatic heterocycles. The summed E-state index contributed by atoms with van der Waals surface area (Å²) in [7, 11) is 0. The average molecular weight is 237 g/mol. The minimum absolute atomic E-state index is 0.412. The van der Waals surface area contributed by atoms with Crippen molar-refractivity contribution in [1.82, 2.24) is 4.90 Å². The predicted octanol–water partition coefficient (Wildman–Crippen LogP) is 1.92. The number of carbonyl (C=O) groups excluding carboxylic acids is 1. The van der Waals surface area contributed by atoms with E-state index in [1.54, 1.807) is 0 Å². The van der Waals surface area contributed by atoms with E-state index >= 15 is 0 Å². The number of nitrogens with zero attached hydrogens (tertiary/aromatic N) is 1. The van der Waals surface area contributed by atoms with Gasteiger partial charge in [0.25, 0.3) is 0 Å². The van der Waals surface area contributed by atoms with Crippen LogP contribution in [-0.2, 0) is 9.53 Å². The molecule has 3 atom stereocenters. The SMILES string of the molecule is CCOC[C@@H]1CCN(C(=O)C2[C@@H]3CCC[C@@H]23)C1. The first kappa shape index (κ1) is 11.5. The third kappa shape index (κ3) is 2.10. The topological polar surface area (TPSA) is 29.5 Å². The zero-order valence-electron chi connectivity index (χ0n) is 10.7. The zero-order chi connectivity index (χ0) is 11.8. The third-order valence-electron chi connectivity index (χ3n) is 4.85. The summed E-state index contributed by atoms with van der Waals surface area (Å²) in [5.41, 5.74) is 0. The number of likely N-dealkylation sites (tertiary alicyclic amines) is 1. The summed E-state index contributed by atoms with van der Waals surface area (Å²) < 4.78 is 5.46. The minimum atomic E-state index is 0.412. The molecule has 0 radical (unpaired) electrons. The summed E-state index contributed by atoms with van der Waals surface area (Å²) in [6, 6.07) is 0. The van der Waals surface area contributed by atoms with Crippen molar-refractivity contribution in [3.8, 4) is 0 Å². The number of ether oxygens (including phenoxy) is 1. The minimum Gasteiger partial charge on any atom is -0.381 e. The number of hydrogen-bond acceptors (Lipinski definition) is 2. The predicted molar refractivity (Wildman–Crippen MR) is 65.5 cm³/mol. The molecule has 1 heterocycles. The van der Waals surface area contributed by atoms with E-state index in [4.69, 9.17) is 4.74 Å². The van der Waals surface area contributed by atoms with Crippen LogP contribution >= 0.6 is 0 Å². The summed E-state index contributed by atoms with van der Waals surface area (Å²) in [5, 5.41) is 0. The Morgan fingerprint density at radius 3 is 2.76 bits per heavy atom. The molecule has 0 unspecified atom stereocenters. The summed E-state index contributed by atoms with van der Waals surface area (Å²) in [6.45, 7) is 5.56. The fourth-order valence-corrected chi connectivity index (χ4v) is 3.85. The Morgan fingerprint density at radius 1 is 1.29 bits per heavy atom. The quantitative estimate of drug-likeness (QED) is 0.747. The molecule has 0 aromatic rings. The average Bonchev–Trinajstić information content (AvgIpc) is 2.77. The van der Waals surface area contributed by atoms with Crippen LogP contribution in [-0.4, -0.2) is 37.1 Å². The van der Waals surface area contributed by atoms with Crippen molar-refractivity contribution in [3.63, 3.8) is 0 Å². The molecule has 0 bridgehead atoms. The Hall–Kier alpha value is -0.570. The van der Waals surface area contributed by atoms with Gasteiger partial charge >= 0.3 is 0 Å². The van der Waals surface area contributed by atoms with Gasteiger partial charge in [0, 0.05) is 31.5 Å². The summed E-state index contributed by atoms with van der Waals surface area (Å²) in [4.78, 5) is 14.4. The Bertz CT molecular complexity index is 295. The van der Waals surface area contributed by atoms with Gasteiger partial charge in [0.05, 0.1) is 6.61 Å². The van der Waals surface area contributed by atoms with Gasteiger partial charge < -0.3 is 9.64 Å². The van der Waals surface area contributed by atoms with Crippen LogP contribution in [0, 0.1) is 23.7 Å². The number of rotatable bonds is 4. The van der Waals surface area contributed by atoms with Gasteiger partial charge in [0.1, 0.15) is 0 Å². The van der Waals surface area contributed by atoms with Crippen molar-refractivity contribution in [1.29, 1.82) is 0 Å². The van der Waals surface area contributed by atoms with E-state index in [1.165, 1.54) is 19.3 Å². The van der Waals surface area contributed by atoms with Crippen molar-refractivity contribution in [3.05, 3.63) is 0 Å². The lowest BCUT2D eigenvalue weighted by Crippen LogP contribution is -2.31. The molecule has 0 N–H and O–H groups in total. The molecule has 3 rings (SSSR count). The normalized spacial score (nSPS) is 39.5. The molecular weight excluding hydrogens is 214 g/mol. The Morgan fingerprint density at radius 2 is 2.06 bits per heavy atom. The van der Waals surface area contributed by atoms with Gasteiger partial charge in [0.15, 0.2) is 0 Å². The van der Waals surface area contributed by atoms with Gasteiger partial charge in [-0.2, -0.15) is 0 Å². The van der Waals surface area contributed by atoms with Gasteiger partial charge in [-0.3, -0.25) is 4.79 Å². The maximum Gasteiger partial charge on any atom is 0.226 e. The highest BCUT2D eigenvalue weighted by molar-refractivity contribution is 5.82. The van der Waals surface area contributed by atoms with Crippen LogP contribution in [0.25, 0.3) is 0 Å². The van der Waals surface area contributed by atoms with Crippen LogP contribution in [0.15, 0.2) is 0 Å². The van der Waals surface area contributed by atoms with Crippen LogP contribution in [0.1, 0.15) is 32.6 Å². The van der Waals surface area contributed by atoms with Crippen molar-refractivity contribution < 1.29 is 9.53 Å². The van der Waals surface area contributed by atoms with Crippen LogP contribution in [0.3, 0.4) is 0 Å². The third-order valence-corrected chi connectivity index (χ3v) is 4.85. The summed E-state index contributed by atoms with van der Waals surface area (Å²) >= 11 is 0. The Kier molecular flexibility index (Phi) is 3.12. The fourth-order valence-electron chi connectivity index (χ4n) is 3.85. The first-order chi connectivity index (χ1) is 8.31. The molecule has 3 fully saturated rings. The molecule has 1 amide bonds. The standard InChI is InChI=1S/C14H23NO2/c1-2-17-9-10-6-7-15(8-10)14(16)13-11-4-3-5-12(11)13/h10-13H,2-9H2,1H3/t10-,11-,12-/m1/s1. The number of carbonyl (C=O) groups is 1. The van der Waals surface area contributed by atoms with E-state index in [0.29, 0.717) is 17.7 Å². The molecule has 3 nitrogen and oxygen atoms in total. The molecule has 0 aromatic carbocycles. The molecule has 1 aliphatic heterocycles. The molecule has 2 saturated carbocycles. The highest BCUT2D eigenvalue weighted by Crippen LogP contribution is 2.58. The monoisotopic (exact) mass is 237 g/mol. The molecular formula is C14H23NO2. The number of fused-ring (bicyclic) bond motifs is 1. The van der Waals surface area contributed by atoms with Gasteiger partial charge in [0.2, 0.25) is 5.91 Å². The van der Waals surface area contributed by atoms with Gasteiger partial charge in [-0.05, 0) is 38.0 Å². The van der Waals surface area contributed by atoms with Gasteiger partial charge in [-0.1, -0.05) is 6.42 Å². The second-order valence-electron chi connectivity index (χ2n) is 5.88. The van der Waals surface area contributed by atoms with E-state index in [-0.39, 0.29) is 0 Å². The van der Waals surface area contributed by atoms with E-state index < -0.39 is 0 Å². The molecule has 0 spiro atoms. The maximum atomic E-state index is 12.3. The Labute approximate surface area is 104 Å². The molecule has 2 aliphatic carbocycles. The fraction of sp³-hybridized carbons (Fsp3) is 0.929. The second-order valence-corrected chi connectivity index (χ2v) is 5.88. The van der Waals surface area contributed by atoms with E-state index in [1.807, 2.05) is 6.92 Å². The second kappa shape index (κ2) is 4.60. The van der Waals surface area contributed by atoms with Crippen LogP contribution in [0.4, 0.5) is 0 Å². The lowest BCUT2D eigenvalue weighted by atomic mass is 10.1. The van der Waals surface area contributed by atoms with Crippen LogP contribution in [0.5, 0.6) is 0 Å². The lowest BCUT2D eigenvalue weighted by molar-refractivity contribution is -0.132. The van der Waals surface area contributed by atoms with Crippen molar-refractivity contribution in [2.75, 3.05) is 26.3 Å². The number of hydrogen-bond donors (Lipinski definition) is 0. The van der Waals surface area contributed by atoms with E-state index in [0.717, 1.165) is 44.6 Å². The largest absolute Gasteiger partial charge is 0.381 e. The van der Waals surface area contributed by atoms with E-state index in [9.17, 15) is 4.79 Å². The molecule has 17 heavy (non-hydrogen) atoms. The lowest BCUT2D eigenvalue weighted by Gasteiger charge is -2.17. The molecule has 96 valence electrons.